The van der Waals surface area contributed by atoms with E-state index in [0.717, 1.165) is 6.07 Å². The molecule has 0 aliphatic heterocycles. The molecule has 7 heteroatoms. The first-order chi connectivity index (χ1) is 8.19. The topological polar surface area (TPSA) is 78.8 Å². The fourth-order valence-electron chi connectivity index (χ4n) is 1.28. The fourth-order valence-corrected chi connectivity index (χ4v) is 1.28. The Balaban J connectivity index is 2.89. The Bertz CT molecular complexity index is 445. The van der Waals surface area contributed by atoms with E-state index in [4.69, 9.17) is 10.0 Å². The molecule has 3 N–H and O–H groups in total. The first-order valence-electron chi connectivity index (χ1n) is 5.34. The van der Waals surface area contributed by atoms with Crippen LogP contribution in [0.25, 0.3) is 0 Å². The third-order valence-electron chi connectivity index (χ3n) is 1.92. The number of carbonyl (C=O) groups excluding carboxylic acids is 1. The van der Waals surface area contributed by atoms with Crippen LogP contribution in [0.1, 0.15) is 31.1 Å². The third-order valence-corrected chi connectivity index (χ3v) is 1.92. The number of benzene rings is 1. The Hall–Kier alpha value is -1.60. The van der Waals surface area contributed by atoms with Gasteiger partial charge in [0, 0.05) is 11.6 Å². The number of halogens is 1. The van der Waals surface area contributed by atoms with Crippen LogP contribution < -0.4 is 9.97 Å². The molecule has 0 unspecified atom stereocenters. The van der Waals surface area contributed by atoms with E-state index in [1.165, 1.54) is 12.1 Å². The molecule has 18 heavy (non-hydrogen) atoms. The van der Waals surface area contributed by atoms with Gasteiger partial charge in [-0.05, 0) is 32.9 Å². The van der Waals surface area contributed by atoms with Gasteiger partial charge in [0.15, 0.2) is 0 Å². The Morgan fingerprint density at radius 2 is 2.00 bits per heavy atom. The quantitative estimate of drug-likeness (QED) is 0.695. The summed E-state index contributed by atoms with van der Waals surface area (Å²) >= 11 is 0. The van der Waals surface area contributed by atoms with E-state index in [9.17, 15) is 9.18 Å². The van der Waals surface area contributed by atoms with Crippen LogP contribution in [-0.4, -0.2) is 28.8 Å². The van der Waals surface area contributed by atoms with Crippen molar-refractivity contribution in [3.8, 4) is 5.75 Å². The molecule has 1 aromatic rings. The molecule has 1 amide bonds. The van der Waals surface area contributed by atoms with Crippen LogP contribution in [0, 0.1) is 5.82 Å². The van der Waals surface area contributed by atoms with Crippen LogP contribution >= 0.6 is 0 Å². The van der Waals surface area contributed by atoms with Gasteiger partial charge >= 0.3 is 7.32 Å². The molecule has 0 saturated heterocycles. The molecule has 5 nitrogen and oxygen atoms in total. The number of amides is 1. The first kappa shape index (κ1) is 14.5. The van der Waals surface area contributed by atoms with Gasteiger partial charge in [-0.25, -0.2) is 4.39 Å². The second-order valence-corrected chi connectivity index (χ2v) is 4.79. The third kappa shape index (κ3) is 4.35. The maximum atomic E-state index is 13.6. The molecule has 1 aromatic carbocycles. The van der Waals surface area contributed by atoms with E-state index in [2.05, 4.69) is 9.97 Å². The molecule has 0 radical (unpaired) electrons. The van der Waals surface area contributed by atoms with Crippen molar-refractivity contribution in [2.75, 3.05) is 0 Å². The first-order valence-corrected chi connectivity index (χ1v) is 5.34. The van der Waals surface area contributed by atoms with Crippen molar-refractivity contribution < 1.29 is 23.9 Å². The van der Waals surface area contributed by atoms with Crippen LogP contribution in [-0.2, 0) is 0 Å². The molecule has 0 saturated carbocycles. The van der Waals surface area contributed by atoms with Gasteiger partial charge in [-0.2, -0.15) is 0 Å². The predicted octanol–water partition coefficient (Wildman–Crippen LogP) is 0.702. The average molecular weight is 255 g/mol. The van der Waals surface area contributed by atoms with Gasteiger partial charge in [0.1, 0.15) is 11.6 Å². The van der Waals surface area contributed by atoms with Gasteiger partial charge in [-0.1, -0.05) is 0 Å². The normalized spacial score (nSPS) is 11.0. The Morgan fingerprint density at radius 3 is 2.44 bits per heavy atom. The zero-order valence-electron chi connectivity index (χ0n) is 10.4. The van der Waals surface area contributed by atoms with Gasteiger partial charge in [0.25, 0.3) is 5.91 Å². The smallest absolute Gasteiger partial charge is 0.512 e. The van der Waals surface area contributed by atoms with Gasteiger partial charge < -0.3 is 20.0 Å². The summed E-state index contributed by atoms with van der Waals surface area (Å²) < 4.78 is 18.1. The summed E-state index contributed by atoms with van der Waals surface area (Å²) in [4.78, 5) is 11.7. The molecular formula is C11H15BFNO4. The van der Waals surface area contributed by atoms with Gasteiger partial charge in [-0.15, -0.1) is 0 Å². The van der Waals surface area contributed by atoms with E-state index >= 15 is 0 Å². The second kappa shape index (κ2) is 5.37. The minimum atomic E-state index is -2.03. The lowest BCUT2D eigenvalue weighted by Crippen LogP contribution is -2.40. The van der Waals surface area contributed by atoms with Crippen LogP contribution in [0.5, 0.6) is 5.75 Å². The van der Waals surface area contributed by atoms with E-state index in [1.807, 2.05) is 0 Å². The van der Waals surface area contributed by atoms with Crippen molar-refractivity contribution in [1.82, 2.24) is 5.32 Å². The zero-order chi connectivity index (χ0) is 13.9. The Morgan fingerprint density at radius 1 is 1.39 bits per heavy atom. The summed E-state index contributed by atoms with van der Waals surface area (Å²) in [5.41, 5.74) is -0.607. The highest BCUT2D eigenvalue weighted by Crippen LogP contribution is 2.17. The Kier molecular flexibility index (Phi) is 4.31. The highest BCUT2D eigenvalue weighted by molar-refractivity contribution is 6.33. The van der Waals surface area contributed by atoms with Crippen molar-refractivity contribution in [2.45, 2.75) is 26.3 Å². The number of rotatable bonds is 3. The van der Waals surface area contributed by atoms with E-state index in [0.29, 0.717) is 0 Å². The second-order valence-electron chi connectivity index (χ2n) is 4.79. The molecule has 98 valence electrons. The molecule has 0 heterocycles. The summed E-state index contributed by atoms with van der Waals surface area (Å²) in [6.07, 6.45) is 0. The SMILES string of the molecule is CC(C)(C)NC(=O)c1ccc(OB(O)O)cc1F. The van der Waals surface area contributed by atoms with Gasteiger partial charge in [0.2, 0.25) is 0 Å². The van der Waals surface area contributed by atoms with Crippen molar-refractivity contribution in [3.05, 3.63) is 29.6 Å². The summed E-state index contributed by atoms with van der Waals surface area (Å²) in [6, 6.07) is 3.41. The van der Waals surface area contributed by atoms with Crippen molar-refractivity contribution in [1.29, 1.82) is 0 Å². The summed E-state index contributed by atoms with van der Waals surface area (Å²) in [5, 5.41) is 19.7. The molecule has 0 spiro atoms. The maximum Gasteiger partial charge on any atom is 0.707 e. The number of nitrogens with one attached hydrogen (secondary N) is 1. The van der Waals surface area contributed by atoms with Crippen LogP contribution in [0.2, 0.25) is 0 Å². The van der Waals surface area contributed by atoms with Crippen molar-refractivity contribution in [3.63, 3.8) is 0 Å². The monoisotopic (exact) mass is 255 g/mol. The minimum Gasteiger partial charge on any atom is -0.512 e. The van der Waals surface area contributed by atoms with Crippen molar-refractivity contribution >= 4 is 13.2 Å². The van der Waals surface area contributed by atoms with Crippen molar-refractivity contribution in [2.24, 2.45) is 0 Å². The van der Waals surface area contributed by atoms with Gasteiger partial charge in [0.05, 0.1) is 5.56 Å². The highest BCUT2D eigenvalue weighted by atomic mass is 19.1. The van der Waals surface area contributed by atoms with Crippen LogP contribution in [0.4, 0.5) is 4.39 Å². The van der Waals surface area contributed by atoms with E-state index in [1.54, 1.807) is 20.8 Å². The lowest BCUT2D eigenvalue weighted by atomic mass is 10.1. The standard InChI is InChI=1S/C11H15BFNO4/c1-11(2,3)14-10(15)8-5-4-7(6-9(8)13)18-12(16)17/h4-6,16-17H,1-3H3,(H,14,15). The summed E-state index contributed by atoms with van der Waals surface area (Å²) in [6.45, 7) is 5.34. The van der Waals surface area contributed by atoms with Crippen LogP contribution in [0.3, 0.4) is 0 Å². The number of hydrogen-bond acceptors (Lipinski definition) is 4. The predicted molar refractivity (Wildman–Crippen MR) is 64.4 cm³/mol. The van der Waals surface area contributed by atoms with Crippen LogP contribution in [0.15, 0.2) is 18.2 Å². The molecule has 0 aliphatic rings. The largest absolute Gasteiger partial charge is 0.707 e. The number of carbonyl (C=O) groups is 1. The zero-order valence-corrected chi connectivity index (χ0v) is 10.4. The molecule has 0 bridgehead atoms. The highest BCUT2D eigenvalue weighted by Gasteiger charge is 2.19. The number of hydrogen-bond donors (Lipinski definition) is 3. The molecular weight excluding hydrogens is 240 g/mol. The molecule has 0 fully saturated rings. The van der Waals surface area contributed by atoms with Gasteiger partial charge in [-0.3, -0.25) is 4.79 Å². The van der Waals surface area contributed by atoms with E-state index < -0.39 is 24.6 Å². The molecule has 1 rings (SSSR count). The lowest BCUT2D eigenvalue weighted by Gasteiger charge is -2.20. The lowest BCUT2D eigenvalue weighted by molar-refractivity contribution is 0.0915. The summed E-state index contributed by atoms with van der Waals surface area (Å²) in [5.74, 6) is -1.42. The molecule has 0 aliphatic carbocycles. The minimum absolute atomic E-state index is 0.0743. The summed E-state index contributed by atoms with van der Waals surface area (Å²) in [7, 11) is -2.03. The maximum absolute atomic E-state index is 13.6. The van der Waals surface area contributed by atoms with E-state index in [-0.39, 0.29) is 11.3 Å². The Labute approximate surface area is 105 Å². The fraction of sp³-hybridized carbons (Fsp3) is 0.364. The molecule has 0 atom stereocenters. The average Bonchev–Trinajstić information content (AvgIpc) is 2.13. The molecule has 0 aromatic heterocycles.